The van der Waals surface area contributed by atoms with Crippen LogP contribution >= 0.6 is 0 Å². The van der Waals surface area contributed by atoms with E-state index in [-0.39, 0.29) is 5.91 Å². The maximum Gasteiger partial charge on any atom is 0.242 e. The van der Waals surface area contributed by atoms with E-state index in [1.165, 1.54) is 12.8 Å². The maximum absolute atomic E-state index is 12.1. The fourth-order valence-corrected chi connectivity index (χ4v) is 2.38. The Bertz CT molecular complexity index is 390. The number of likely N-dealkylation sites (tertiary alicyclic amines) is 1. The molecule has 1 atom stereocenters. The van der Waals surface area contributed by atoms with Crippen molar-refractivity contribution in [2.45, 2.75) is 45.3 Å². The second-order valence-electron chi connectivity index (χ2n) is 5.09. The van der Waals surface area contributed by atoms with Crippen molar-refractivity contribution in [3.05, 3.63) is 24.0 Å². The lowest BCUT2D eigenvalue weighted by Crippen LogP contribution is -2.34. The fraction of sp³-hybridized carbons (Fsp3) is 0.643. The molecule has 4 heteroatoms. The number of aromatic nitrogens is 1. The number of hydrogen-bond donors (Lipinski definition) is 1. The van der Waals surface area contributed by atoms with Crippen LogP contribution in [0.5, 0.6) is 0 Å². The summed E-state index contributed by atoms with van der Waals surface area (Å²) in [4.78, 5) is 14.1. The standard InChI is InChI=1S/C14H22N2O2/c1-12(17)13-6-9-15(10-13)11-14(18)16-7-4-2-3-5-8-16/h6,9-10,12,17H,2-5,7-8,11H2,1H3. The normalized spacial score (nSPS) is 18.4. The van der Waals surface area contributed by atoms with Gasteiger partial charge in [0.15, 0.2) is 0 Å². The van der Waals surface area contributed by atoms with E-state index in [9.17, 15) is 9.90 Å². The Morgan fingerprint density at radius 1 is 1.33 bits per heavy atom. The molecule has 0 radical (unpaired) electrons. The lowest BCUT2D eigenvalue weighted by atomic mass is 10.2. The first kappa shape index (κ1) is 13.1. The highest BCUT2D eigenvalue weighted by Crippen LogP contribution is 2.13. The van der Waals surface area contributed by atoms with Gasteiger partial charge in [-0.25, -0.2) is 0 Å². The Morgan fingerprint density at radius 2 is 2.00 bits per heavy atom. The number of carbonyl (C=O) groups is 1. The zero-order valence-corrected chi connectivity index (χ0v) is 11.0. The summed E-state index contributed by atoms with van der Waals surface area (Å²) in [5, 5.41) is 9.45. The Labute approximate surface area is 108 Å². The van der Waals surface area contributed by atoms with E-state index in [1.807, 2.05) is 27.9 Å². The summed E-state index contributed by atoms with van der Waals surface area (Å²) >= 11 is 0. The van der Waals surface area contributed by atoms with Gasteiger partial charge in [-0.3, -0.25) is 4.79 Å². The molecule has 1 fully saturated rings. The first-order valence-electron chi connectivity index (χ1n) is 6.78. The molecule has 100 valence electrons. The van der Waals surface area contributed by atoms with Gasteiger partial charge in [-0.15, -0.1) is 0 Å². The summed E-state index contributed by atoms with van der Waals surface area (Å²) in [6.45, 7) is 3.90. The molecular formula is C14H22N2O2. The van der Waals surface area contributed by atoms with Crippen LogP contribution in [0.4, 0.5) is 0 Å². The molecule has 0 bridgehead atoms. The van der Waals surface area contributed by atoms with Gasteiger partial charge in [0, 0.05) is 25.5 Å². The Kier molecular flexibility index (Phi) is 4.42. The van der Waals surface area contributed by atoms with Gasteiger partial charge in [0.1, 0.15) is 6.54 Å². The van der Waals surface area contributed by atoms with Crippen LogP contribution in [0.2, 0.25) is 0 Å². The highest BCUT2D eigenvalue weighted by molar-refractivity contribution is 5.76. The van der Waals surface area contributed by atoms with Crippen molar-refractivity contribution in [3.63, 3.8) is 0 Å². The van der Waals surface area contributed by atoms with E-state index in [1.54, 1.807) is 6.92 Å². The van der Waals surface area contributed by atoms with Crippen LogP contribution in [0.25, 0.3) is 0 Å². The van der Waals surface area contributed by atoms with Gasteiger partial charge in [-0.2, -0.15) is 0 Å². The van der Waals surface area contributed by atoms with Crippen molar-refractivity contribution in [3.8, 4) is 0 Å². The monoisotopic (exact) mass is 250 g/mol. The minimum atomic E-state index is -0.473. The molecule has 1 aliphatic heterocycles. The van der Waals surface area contributed by atoms with Crippen molar-refractivity contribution < 1.29 is 9.90 Å². The van der Waals surface area contributed by atoms with Crippen molar-refractivity contribution in [1.82, 2.24) is 9.47 Å². The lowest BCUT2D eigenvalue weighted by molar-refractivity contribution is -0.131. The van der Waals surface area contributed by atoms with Gasteiger partial charge in [0.25, 0.3) is 0 Å². The summed E-state index contributed by atoms with van der Waals surface area (Å²) in [6.07, 6.45) is 7.95. The quantitative estimate of drug-likeness (QED) is 0.891. The van der Waals surface area contributed by atoms with E-state index in [0.29, 0.717) is 6.54 Å². The molecule has 0 aliphatic carbocycles. The van der Waals surface area contributed by atoms with E-state index in [4.69, 9.17) is 0 Å². The molecule has 2 heterocycles. The maximum atomic E-state index is 12.1. The minimum absolute atomic E-state index is 0.185. The molecular weight excluding hydrogens is 228 g/mol. The first-order chi connectivity index (χ1) is 8.66. The van der Waals surface area contributed by atoms with Gasteiger partial charge in [0.05, 0.1) is 6.10 Å². The molecule has 4 nitrogen and oxygen atoms in total. The summed E-state index contributed by atoms with van der Waals surface area (Å²) in [5.74, 6) is 0.185. The van der Waals surface area contributed by atoms with Gasteiger partial charge >= 0.3 is 0 Å². The van der Waals surface area contributed by atoms with E-state index in [2.05, 4.69) is 0 Å². The molecule has 0 spiro atoms. The SMILES string of the molecule is CC(O)c1ccn(CC(=O)N2CCCCCC2)c1. The summed E-state index contributed by atoms with van der Waals surface area (Å²) in [7, 11) is 0. The van der Waals surface area contributed by atoms with E-state index < -0.39 is 6.10 Å². The minimum Gasteiger partial charge on any atom is -0.389 e. The number of hydrogen-bond acceptors (Lipinski definition) is 2. The van der Waals surface area contributed by atoms with E-state index >= 15 is 0 Å². The van der Waals surface area contributed by atoms with Crippen LogP contribution in [0, 0.1) is 0 Å². The average Bonchev–Trinajstić information content (AvgIpc) is 2.64. The van der Waals surface area contributed by atoms with Crippen molar-refractivity contribution in [1.29, 1.82) is 0 Å². The molecule has 18 heavy (non-hydrogen) atoms. The van der Waals surface area contributed by atoms with Gasteiger partial charge < -0.3 is 14.6 Å². The fourth-order valence-electron chi connectivity index (χ4n) is 2.38. The van der Waals surface area contributed by atoms with Crippen LogP contribution in [0.3, 0.4) is 0 Å². The molecule has 2 rings (SSSR count). The number of nitrogens with zero attached hydrogens (tertiary/aromatic N) is 2. The predicted molar refractivity (Wildman–Crippen MR) is 70.1 cm³/mol. The number of rotatable bonds is 3. The predicted octanol–water partition coefficient (Wildman–Crippen LogP) is 1.94. The third kappa shape index (κ3) is 3.35. The number of aliphatic hydroxyl groups excluding tert-OH is 1. The lowest BCUT2D eigenvalue weighted by Gasteiger charge is -2.20. The molecule has 1 N–H and O–H groups in total. The summed E-state index contributed by atoms with van der Waals surface area (Å²) in [6, 6.07) is 1.86. The highest BCUT2D eigenvalue weighted by Gasteiger charge is 2.15. The van der Waals surface area contributed by atoms with Crippen molar-refractivity contribution >= 4 is 5.91 Å². The van der Waals surface area contributed by atoms with Crippen LogP contribution in [-0.4, -0.2) is 33.6 Å². The second kappa shape index (κ2) is 6.05. The third-order valence-corrected chi connectivity index (χ3v) is 3.53. The van der Waals surface area contributed by atoms with Gasteiger partial charge in [0.2, 0.25) is 5.91 Å². The molecule has 1 unspecified atom stereocenters. The largest absolute Gasteiger partial charge is 0.389 e. The summed E-state index contributed by atoms with van der Waals surface area (Å²) < 4.78 is 1.86. The average molecular weight is 250 g/mol. The van der Waals surface area contributed by atoms with Crippen LogP contribution < -0.4 is 0 Å². The molecule has 1 amide bonds. The second-order valence-corrected chi connectivity index (χ2v) is 5.09. The number of carbonyl (C=O) groups excluding carboxylic acids is 1. The topological polar surface area (TPSA) is 45.5 Å². The zero-order chi connectivity index (χ0) is 13.0. The van der Waals surface area contributed by atoms with Crippen molar-refractivity contribution in [2.24, 2.45) is 0 Å². The molecule has 0 aromatic carbocycles. The summed E-state index contributed by atoms with van der Waals surface area (Å²) in [5.41, 5.74) is 0.860. The Morgan fingerprint density at radius 3 is 2.56 bits per heavy atom. The Hall–Kier alpha value is -1.29. The molecule has 1 saturated heterocycles. The molecule has 0 saturated carbocycles. The molecule has 1 aromatic rings. The molecule has 1 aromatic heterocycles. The number of aliphatic hydroxyl groups is 1. The van der Waals surface area contributed by atoms with Crippen LogP contribution in [-0.2, 0) is 11.3 Å². The van der Waals surface area contributed by atoms with Crippen molar-refractivity contribution in [2.75, 3.05) is 13.1 Å². The zero-order valence-electron chi connectivity index (χ0n) is 11.0. The first-order valence-corrected chi connectivity index (χ1v) is 6.78. The van der Waals surface area contributed by atoms with E-state index in [0.717, 1.165) is 31.5 Å². The highest BCUT2D eigenvalue weighted by atomic mass is 16.3. The number of amides is 1. The Balaban J connectivity index is 1.92. The van der Waals surface area contributed by atoms with Gasteiger partial charge in [-0.1, -0.05) is 12.8 Å². The van der Waals surface area contributed by atoms with Crippen LogP contribution in [0.15, 0.2) is 18.5 Å². The van der Waals surface area contributed by atoms with Crippen LogP contribution in [0.1, 0.15) is 44.3 Å². The third-order valence-electron chi connectivity index (χ3n) is 3.53. The molecule has 1 aliphatic rings. The smallest absolute Gasteiger partial charge is 0.242 e. The van der Waals surface area contributed by atoms with Gasteiger partial charge in [-0.05, 0) is 31.4 Å².